The molecule has 98 valence electrons. The molecule has 19 heavy (non-hydrogen) atoms. The number of benzene rings is 2. The van der Waals surface area contributed by atoms with Crippen LogP contribution in [-0.4, -0.2) is 6.47 Å². The molecule has 0 N–H and O–H groups in total. The van der Waals surface area contributed by atoms with Crippen molar-refractivity contribution in [2.45, 2.75) is 13.5 Å². The highest BCUT2D eigenvalue weighted by Gasteiger charge is 2.10. The summed E-state index contributed by atoms with van der Waals surface area (Å²) in [6.07, 6.45) is 0. The molecule has 0 saturated heterocycles. The van der Waals surface area contributed by atoms with Crippen LogP contribution in [0, 0.1) is 12.7 Å². The van der Waals surface area contributed by atoms with Gasteiger partial charge in [-0.3, -0.25) is 4.79 Å². The van der Waals surface area contributed by atoms with Gasteiger partial charge in [0, 0.05) is 10.6 Å². The van der Waals surface area contributed by atoms with E-state index in [4.69, 9.17) is 16.3 Å². The predicted octanol–water partition coefficient (Wildman–Crippen LogP) is 4.13. The maximum absolute atomic E-state index is 12.9. The fourth-order valence-electron chi connectivity index (χ4n) is 1.96. The maximum Gasteiger partial charge on any atom is 0.293 e. The van der Waals surface area contributed by atoms with E-state index in [-0.39, 0.29) is 12.4 Å². The van der Waals surface area contributed by atoms with Gasteiger partial charge in [0.1, 0.15) is 12.4 Å². The second-order valence-corrected chi connectivity index (χ2v) is 4.52. The first-order valence-electron chi connectivity index (χ1n) is 5.72. The molecule has 0 heterocycles. The summed E-state index contributed by atoms with van der Waals surface area (Å²) in [6.45, 7) is 2.41. The van der Waals surface area contributed by atoms with Crippen LogP contribution in [-0.2, 0) is 16.1 Å². The Morgan fingerprint density at radius 2 is 1.89 bits per heavy atom. The minimum atomic E-state index is -0.278. The van der Waals surface area contributed by atoms with Crippen LogP contribution in [0.25, 0.3) is 11.1 Å². The number of halogens is 2. The molecular formula is C15H12ClFO2. The number of ether oxygens (including phenoxy) is 1. The molecule has 2 nitrogen and oxygen atoms in total. The summed E-state index contributed by atoms with van der Waals surface area (Å²) >= 11 is 6.09. The SMILES string of the molecule is Cc1c(-c2ccc(F)cc2)ccc(Cl)c1COC=O. The average molecular weight is 279 g/mol. The van der Waals surface area contributed by atoms with E-state index in [0.29, 0.717) is 11.5 Å². The minimum absolute atomic E-state index is 0.128. The fourth-order valence-corrected chi connectivity index (χ4v) is 2.22. The molecule has 0 radical (unpaired) electrons. The average Bonchev–Trinajstić information content (AvgIpc) is 2.40. The smallest absolute Gasteiger partial charge is 0.293 e. The molecule has 0 spiro atoms. The summed E-state index contributed by atoms with van der Waals surface area (Å²) in [6, 6.07) is 9.84. The molecule has 0 aliphatic heterocycles. The predicted molar refractivity (Wildman–Crippen MR) is 72.4 cm³/mol. The zero-order valence-electron chi connectivity index (χ0n) is 10.3. The molecule has 2 aromatic rings. The molecular weight excluding hydrogens is 267 g/mol. The Bertz CT molecular complexity index is 594. The molecule has 0 aliphatic carbocycles. The van der Waals surface area contributed by atoms with E-state index in [9.17, 15) is 9.18 Å². The van der Waals surface area contributed by atoms with E-state index in [0.717, 1.165) is 22.3 Å². The first-order chi connectivity index (χ1) is 9.13. The van der Waals surface area contributed by atoms with Gasteiger partial charge in [0.15, 0.2) is 0 Å². The highest BCUT2D eigenvalue weighted by atomic mass is 35.5. The van der Waals surface area contributed by atoms with Gasteiger partial charge >= 0.3 is 0 Å². The van der Waals surface area contributed by atoms with Crippen LogP contribution in [0.5, 0.6) is 0 Å². The van der Waals surface area contributed by atoms with Crippen molar-refractivity contribution in [1.82, 2.24) is 0 Å². The highest BCUT2D eigenvalue weighted by Crippen LogP contribution is 2.30. The molecule has 0 bridgehead atoms. The van der Waals surface area contributed by atoms with Crippen molar-refractivity contribution in [3.05, 3.63) is 58.4 Å². The summed E-state index contributed by atoms with van der Waals surface area (Å²) in [4.78, 5) is 10.3. The number of rotatable bonds is 4. The lowest BCUT2D eigenvalue weighted by Gasteiger charge is -2.13. The van der Waals surface area contributed by atoms with Crippen molar-refractivity contribution < 1.29 is 13.9 Å². The zero-order chi connectivity index (χ0) is 13.8. The molecule has 0 fully saturated rings. The van der Waals surface area contributed by atoms with Crippen LogP contribution in [0.15, 0.2) is 36.4 Å². The van der Waals surface area contributed by atoms with Crippen molar-refractivity contribution >= 4 is 18.1 Å². The highest BCUT2D eigenvalue weighted by molar-refractivity contribution is 6.31. The van der Waals surface area contributed by atoms with Crippen LogP contribution >= 0.6 is 11.6 Å². The van der Waals surface area contributed by atoms with E-state index in [1.54, 1.807) is 18.2 Å². The summed E-state index contributed by atoms with van der Waals surface area (Å²) in [7, 11) is 0. The lowest BCUT2D eigenvalue weighted by atomic mass is 9.96. The Hall–Kier alpha value is -1.87. The topological polar surface area (TPSA) is 26.3 Å². The molecule has 0 amide bonds. The lowest BCUT2D eigenvalue weighted by Crippen LogP contribution is -1.97. The fraction of sp³-hybridized carbons (Fsp3) is 0.133. The van der Waals surface area contributed by atoms with E-state index in [1.807, 2.05) is 13.0 Å². The van der Waals surface area contributed by atoms with E-state index in [2.05, 4.69) is 0 Å². The van der Waals surface area contributed by atoms with Crippen molar-refractivity contribution in [2.75, 3.05) is 0 Å². The summed E-state index contributed by atoms with van der Waals surface area (Å²) in [5, 5.41) is 0.546. The molecule has 2 rings (SSSR count). The molecule has 0 unspecified atom stereocenters. The van der Waals surface area contributed by atoms with E-state index in [1.165, 1.54) is 12.1 Å². The van der Waals surface area contributed by atoms with Crippen molar-refractivity contribution in [2.24, 2.45) is 0 Å². The lowest BCUT2D eigenvalue weighted by molar-refractivity contribution is -0.129. The van der Waals surface area contributed by atoms with Gasteiger partial charge in [-0.25, -0.2) is 4.39 Å². The van der Waals surface area contributed by atoms with Crippen LogP contribution in [0.2, 0.25) is 5.02 Å². The largest absolute Gasteiger partial charge is 0.463 e. The summed E-state index contributed by atoms with van der Waals surface area (Å²) < 4.78 is 17.7. The maximum atomic E-state index is 12.9. The molecule has 0 aliphatic rings. The number of carbonyl (C=O) groups excluding carboxylic acids is 1. The number of hydrogen-bond donors (Lipinski definition) is 0. The van der Waals surface area contributed by atoms with E-state index >= 15 is 0 Å². The van der Waals surface area contributed by atoms with Gasteiger partial charge < -0.3 is 4.74 Å². The Kier molecular flexibility index (Phi) is 4.17. The van der Waals surface area contributed by atoms with Crippen LogP contribution in [0.3, 0.4) is 0 Å². The van der Waals surface area contributed by atoms with Gasteiger partial charge in [-0.15, -0.1) is 0 Å². The van der Waals surface area contributed by atoms with Gasteiger partial charge in [-0.05, 0) is 41.8 Å². The minimum Gasteiger partial charge on any atom is -0.463 e. The second kappa shape index (κ2) is 5.85. The third-order valence-corrected chi connectivity index (χ3v) is 3.35. The quantitative estimate of drug-likeness (QED) is 0.786. The number of hydrogen-bond acceptors (Lipinski definition) is 2. The van der Waals surface area contributed by atoms with Gasteiger partial charge in [-0.1, -0.05) is 29.8 Å². The number of carbonyl (C=O) groups is 1. The first-order valence-corrected chi connectivity index (χ1v) is 6.10. The van der Waals surface area contributed by atoms with Gasteiger partial charge in [0.05, 0.1) is 0 Å². The van der Waals surface area contributed by atoms with Crippen LogP contribution < -0.4 is 0 Å². The molecule has 0 aromatic heterocycles. The third kappa shape index (κ3) is 2.93. The van der Waals surface area contributed by atoms with Gasteiger partial charge in [0.2, 0.25) is 0 Å². The third-order valence-electron chi connectivity index (χ3n) is 2.99. The van der Waals surface area contributed by atoms with Crippen molar-refractivity contribution in [3.63, 3.8) is 0 Å². The Morgan fingerprint density at radius 1 is 1.21 bits per heavy atom. The van der Waals surface area contributed by atoms with Crippen LogP contribution in [0.4, 0.5) is 4.39 Å². The van der Waals surface area contributed by atoms with Crippen LogP contribution in [0.1, 0.15) is 11.1 Å². The monoisotopic (exact) mass is 278 g/mol. The standard InChI is InChI=1S/C15H12ClFO2/c1-10-13(11-2-4-12(17)5-3-11)6-7-15(16)14(10)8-19-9-18/h2-7,9H,8H2,1H3. The van der Waals surface area contributed by atoms with Crippen molar-refractivity contribution in [1.29, 1.82) is 0 Å². The molecule has 4 heteroatoms. The molecule has 0 atom stereocenters. The Morgan fingerprint density at radius 3 is 2.53 bits per heavy atom. The van der Waals surface area contributed by atoms with E-state index < -0.39 is 0 Å². The molecule has 2 aromatic carbocycles. The molecule has 0 saturated carbocycles. The van der Waals surface area contributed by atoms with Gasteiger partial charge in [-0.2, -0.15) is 0 Å². The zero-order valence-corrected chi connectivity index (χ0v) is 11.1. The Labute approximate surface area is 115 Å². The second-order valence-electron chi connectivity index (χ2n) is 4.11. The first kappa shape index (κ1) is 13.6. The normalized spacial score (nSPS) is 10.3. The van der Waals surface area contributed by atoms with Gasteiger partial charge in [0.25, 0.3) is 6.47 Å². The summed E-state index contributed by atoms with van der Waals surface area (Å²) in [5.74, 6) is -0.278. The summed E-state index contributed by atoms with van der Waals surface area (Å²) in [5.41, 5.74) is 3.51. The van der Waals surface area contributed by atoms with Crippen molar-refractivity contribution in [3.8, 4) is 11.1 Å². The Balaban J connectivity index is 2.46.